The van der Waals surface area contributed by atoms with Gasteiger partial charge in [0.25, 0.3) is 0 Å². The number of anilines is 1. The van der Waals surface area contributed by atoms with Gasteiger partial charge in [0.15, 0.2) is 0 Å². The van der Waals surface area contributed by atoms with Crippen molar-refractivity contribution in [2.24, 2.45) is 0 Å². The molecule has 3 N–H and O–H groups in total. The fourth-order valence-electron chi connectivity index (χ4n) is 3.07. The maximum atomic E-state index is 5.69. The molecule has 0 spiro atoms. The van der Waals surface area contributed by atoms with E-state index >= 15 is 0 Å². The van der Waals surface area contributed by atoms with Crippen molar-refractivity contribution < 1.29 is 0 Å². The molecule has 0 atom stereocenters. The van der Waals surface area contributed by atoms with E-state index in [4.69, 9.17) is 5.73 Å². The van der Waals surface area contributed by atoms with Crippen LogP contribution in [0.25, 0.3) is 0 Å². The van der Waals surface area contributed by atoms with Crippen molar-refractivity contribution >= 4 is 5.95 Å². The van der Waals surface area contributed by atoms with Crippen LogP contribution in [0.2, 0.25) is 0 Å². The number of rotatable bonds is 3. The molecule has 0 aromatic carbocycles. The number of aromatic amines is 1. The highest BCUT2D eigenvalue weighted by Gasteiger charge is 2.23. The molecule has 23 heavy (non-hydrogen) atoms. The molecule has 0 amide bonds. The van der Waals surface area contributed by atoms with Crippen LogP contribution in [-0.4, -0.2) is 38.2 Å². The second-order valence-corrected chi connectivity index (χ2v) is 7.42. The molecule has 124 valence electrons. The highest BCUT2D eigenvalue weighted by Crippen LogP contribution is 2.28. The molecule has 1 saturated heterocycles. The summed E-state index contributed by atoms with van der Waals surface area (Å²) in [6, 6.07) is 4.18. The first-order valence-corrected chi connectivity index (χ1v) is 8.27. The lowest BCUT2D eigenvalue weighted by Crippen LogP contribution is -2.32. The van der Waals surface area contributed by atoms with Gasteiger partial charge in [0.2, 0.25) is 5.95 Å². The molecule has 2 aromatic rings. The Labute approximate surface area is 137 Å². The van der Waals surface area contributed by atoms with Gasteiger partial charge in [-0.25, -0.2) is 9.97 Å². The van der Waals surface area contributed by atoms with E-state index in [0.717, 1.165) is 43.9 Å². The Morgan fingerprint density at radius 3 is 2.65 bits per heavy atom. The lowest BCUT2D eigenvalue weighted by atomic mass is 9.92. The molecule has 0 unspecified atom stereocenters. The van der Waals surface area contributed by atoms with E-state index in [9.17, 15) is 0 Å². The molecule has 0 bridgehead atoms. The van der Waals surface area contributed by atoms with Gasteiger partial charge in [0, 0.05) is 35.5 Å². The summed E-state index contributed by atoms with van der Waals surface area (Å²) in [4.78, 5) is 10.8. The SMILES string of the molecule is CC(C)(C)c1cc(CN2CCC(c3ccnc(N)n3)CC2)[nH]n1. The Morgan fingerprint density at radius 1 is 1.30 bits per heavy atom. The standard InChI is InChI=1S/C17H26N6/c1-17(2,3)15-10-13(21-22-15)11-23-8-5-12(6-9-23)14-4-7-19-16(18)20-14/h4,7,10,12H,5-6,8-9,11H2,1-3H3,(H,21,22)(H2,18,19,20). The number of likely N-dealkylation sites (tertiary alicyclic amines) is 1. The first-order chi connectivity index (χ1) is 10.9. The first kappa shape index (κ1) is 15.9. The average Bonchev–Trinajstić information content (AvgIpc) is 2.97. The molecule has 1 fully saturated rings. The van der Waals surface area contributed by atoms with Crippen molar-refractivity contribution in [2.45, 2.75) is 51.5 Å². The number of nitrogens with zero attached hydrogens (tertiary/aromatic N) is 4. The monoisotopic (exact) mass is 314 g/mol. The molecule has 0 radical (unpaired) electrons. The zero-order valence-corrected chi connectivity index (χ0v) is 14.2. The second kappa shape index (κ2) is 6.28. The largest absolute Gasteiger partial charge is 0.368 e. The Kier molecular flexibility index (Phi) is 4.35. The molecule has 1 aliphatic heterocycles. The average molecular weight is 314 g/mol. The minimum atomic E-state index is 0.0920. The van der Waals surface area contributed by atoms with Crippen LogP contribution in [0.3, 0.4) is 0 Å². The Bertz CT molecular complexity index is 649. The van der Waals surface area contributed by atoms with Gasteiger partial charge in [0.05, 0.1) is 5.69 Å². The highest BCUT2D eigenvalue weighted by atomic mass is 15.2. The van der Waals surface area contributed by atoms with E-state index in [-0.39, 0.29) is 5.41 Å². The molecular formula is C17H26N6. The molecule has 1 aliphatic rings. The summed E-state index contributed by atoms with van der Waals surface area (Å²) in [7, 11) is 0. The van der Waals surface area contributed by atoms with Gasteiger partial charge in [-0.3, -0.25) is 10.00 Å². The minimum Gasteiger partial charge on any atom is -0.368 e. The molecule has 3 rings (SSSR count). The quantitative estimate of drug-likeness (QED) is 0.909. The molecule has 6 heteroatoms. The predicted molar refractivity (Wildman–Crippen MR) is 91.0 cm³/mol. The normalized spacial score (nSPS) is 17.5. The third-order valence-corrected chi connectivity index (χ3v) is 4.49. The molecule has 0 aliphatic carbocycles. The highest BCUT2D eigenvalue weighted by molar-refractivity contribution is 5.20. The third kappa shape index (κ3) is 3.88. The number of nitrogens with one attached hydrogen (secondary N) is 1. The fraction of sp³-hybridized carbons (Fsp3) is 0.588. The zero-order chi connectivity index (χ0) is 16.4. The maximum absolute atomic E-state index is 5.69. The first-order valence-electron chi connectivity index (χ1n) is 8.27. The van der Waals surface area contributed by atoms with Crippen LogP contribution >= 0.6 is 0 Å². The summed E-state index contributed by atoms with van der Waals surface area (Å²) in [5.74, 6) is 0.862. The minimum absolute atomic E-state index is 0.0920. The topological polar surface area (TPSA) is 83.7 Å². The van der Waals surface area contributed by atoms with Gasteiger partial charge in [-0.15, -0.1) is 0 Å². The molecule has 3 heterocycles. The van der Waals surface area contributed by atoms with Crippen LogP contribution in [-0.2, 0) is 12.0 Å². The number of aromatic nitrogens is 4. The number of hydrogen-bond acceptors (Lipinski definition) is 5. The van der Waals surface area contributed by atoms with Gasteiger partial charge in [-0.1, -0.05) is 20.8 Å². The molecule has 6 nitrogen and oxygen atoms in total. The van der Waals surface area contributed by atoms with Crippen LogP contribution in [0.4, 0.5) is 5.95 Å². The van der Waals surface area contributed by atoms with E-state index in [0.29, 0.717) is 11.9 Å². The fourth-order valence-corrected chi connectivity index (χ4v) is 3.07. The summed E-state index contributed by atoms with van der Waals surface area (Å²) in [5.41, 5.74) is 9.18. The number of piperidine rings is 1. The lowest BCUT2D eigenvalue weighted by molar-refractivity contribution is 0.201. The van der Waals surface area contributed by atoms with Crippen LogP contribution in [0.1, 0.15) is 56.6 Å². The van der Waals surface area contributed by atoms with Crippen molar-refractivity contribution in [2.75, 3.05) is 18.8 Å². The smallest absolute Gasteiger partial charge is 0.220 e. The molecule has 0 saturated carbocycles. The van der Waals surface area contributed by atoms with Crippen molar-refractivity contribution in [3.8, 4) is 0 Å². The van der Waals surface area contributed by atoms with Crippen LogP contribution in [0.5, 0.6) is 0 Å². The van der Waals surface area contributed by atoms with E-state index in [1.54, 1.807) is 6.20 Å². The van der Waals surface area contributed by atoms with E-state index in [1.807, 2.05) is 6.07 Å². The summed E-state index contributed by atoms with van der Waals surface area (Å²) in [5, 5.41) is 7.62. The second-order valence-electron chi connectivity index (χ2n) is 7.42. The van der Waals surface area contributed by atoms with E-state index < -0.39 is 0 Å². The summed E-state index contributed by atoms with van der Waals surface area (Å²) in [6.07, 6.45) is 3.97. The van der Waals surface area contributed by atoms with Crippen molar-refractivity contribution in [1.29, 1.82) is 0 Å². The van der Waals surface area contributed by atoms with Crippen molar-refractivity contribution in [3.05, 3.63) is 35.4 Å². The van der Waals surface area contributed by atoms with Gasteiger partial charge in [0.1, 0.15) is 0 Å². The molecule has 2 aromatic heterocycles. The Balaban J connectivity index is 1.56. The van der Waals surface area contributed by atoms with Gasteiger partial charge in [-0.2, -0.15) is 5.10 Å². The van der Waals surface area contributed by atoms with Gasteiger partial charge < -0.3 is 5.73 Å². The van der Waals surface area contributed by atoms with Gasteiger partial charge in [-0.05, 0) is 38.1 Å². The lowest BCUT2D eigenvalue weighted by Gasteiger charge is -2.31. The number of nitrogens with two attached hydrogens (primary N) is 1. The predicted octanol–water partition coefficient (Wildman–Crippen LogP) is 2.46. The molecular weight excluding hydrogens is 288 g/mol. The number of hydrogen-bond donors (Lipinski definition) is 2. The van der Waals surface area contributed by atoms with E-state index in [2.05, 4.69) is 51.9 Å². The van der Waals surface area contributed by atoms with E-state index in [1.165, 1.54) is 5.69 Å². The Morgan fingerprint density at radius 2 is 2.04 bits per heavy atom. The van der Waals surface area contributed by atoms with Crippen molar-refractivity contribution in [1.82, 2.24) is 25.1 Å². The van der Waals surface area contributed by atoms with Crippen LogP contribution in [0, 0.1) is 0 Å². The van der Waals surface area contributed by atoms with Gasteiger partial charge >= 0.3 is 0 Å². The van der Waals surface area contributed by atoms with Crippen LogP contribution in [0.15, 0.2) is 18.3 Å². The summed E-state index contributed by atoms with van der Waals surface area (Å²) < 4.78 is 0. The van der Waals surface area contributed by atoms with Crippen molar-refractivity contribution in [3.63, 3.8) is 0 Å². The summed E-state index contributed by atoms with van der Waals surface area (Å²) >= 11 is 0. The number of nitrogen functional groups attached to an aromatic ring is 1. The summed E-state index contributed by atoms with van der Waals surface area (Å²) in [6.45, 7) is 9.63. The third-order valence-electron chi connectivity index (χ3n) is 4.49. The zero-order valence-electron chi connectivity index (χ0n) is 14.2. The maximum Gasteiger partial charge on any atom is 0.220 e. The van der Waals surface area contributed by atoms with Crippen LogP contribution < -0.4 is 5.73 Å². The number of H-pyrrole nitrogens is 1. The Hall–Kier alpha value is -1.95.